The molecule has 0 radical (unpaired) electrons. The highest BCUT2D eigenvalue weighted by molar-refractivity contribution is 6.21. The maximum Gasteiger partial charge on any atom is 0.336 e. The molecule has 3 aromatic carbocycles. The molecule has 1 aliphatic rings. The second kappa shape index (κ2) is 10.4. The van der Waals surface area contributed by atoms with Gasteiger partial charge in [0.25, 0.3) is 0 Å². The van der Waals surface area contributed by atoms with Crippen molar-refractivity contribution in [1.29, 1.82) is 0 Å². The Morgan fingerprint density at radius 1 is 1.03 bits per heavy atom. The average molecular weight is 501 g/mol. The molecule has 0 bridgehead atoms. The first-order valence-electron chi connectivity index (χ1n) is 12.1. The number of aromatic hydroxyl groups is 1. The van der Waals surface area contributed by atoms with Gasteiger partial charge in [0.1, 0.15) is 5.82 Å². The van der Waals surface area contributed by atoms with Crippen LogP contribution >= 0.6 is 0 Å². The van der Waals surface area contributed by atoms with Crippen LogP contribution in [0.2, 0.25) is 0 Å². The Hall–Kier alpha value is -4.21. The van der Waals surface area contributed by atoms with Crippen LogP contribution in [0.25, 0.3) is 10.9 Å². The van der Waals surface area contributed by atoms with Crippen molar-refractivity contribution < 1.29 is 14.3 Å². The molecule has 37 heavy (non-hydrogen) atoms. The number of hydrogen-bond acceptors (Lipinski definition) is 5. The predicted octanol–water partition coefficient (Wildman–Crippen LogP) is 4.49. The molecule has 1 fully saturated rings. The van der Waals surface area contributed by atoms with Crippen LogP contribution in [0.15, 0.2) is 77.8 Å². The van der Waals surface area contributed by atoms with E-state index in [1.165, 1.54) is 12.1 Å². The largest absolute Gasteiger partial charge is 0.494 e. The summed E-state index contributed by atoms with van der Waals surface area (Å²) in [5.41, 5.74) is 6.65. The fourth-order valence-corrected chi connectivity index (χ4v) is 4.38. The lowest BCUT2D eigenvalue weighted by Crippen LogP contribution is -2.55. The van der Waals surface area contributed by atoms with Crippen LogP contribution in [-0.2, 0) is 0 Å². The third-order valence-corrected chi connectivity index (χ3v) is 6.56. The van der Waals surface area contributed by atoms with Crippen molar-refractivity contribution in [3.8, 4) is 5.88 Å². The van der Waals surface area contributed by atoms with Crippen LogP contribution < -0.4 is 10.3 Å². The minimum Gasteiger partial charge on any atom is -0.494 e. The highest BCUT2D eigenvalue weighted by Crippen LogP contribution is 2.32. The van der Waals surface area contributed by atoms with Gasteiger partial charge in [0.2, 0.25) is 0 Å². The zero-order valence-electron chi connectivity index (χ0n) is 20.8. The highest BCUT2D eigenvalue weighted by Gasteiger charge is 2.20. The van der Waals surface area contributed by atoms with Crippen LogP contribution in [0.4, 0.5) is 20.6 Å². The smallest absolute Gasteiger partial charge is 0.336 e. The molecule has 5 rings (SSSR count). The predicted molar refractivity (Wildman–Crippen MR) is 144 cm³/mol. The highest BCUT2D eigenvalue weighted by atomic mass is 19.1. The number of piperazine rings is 1. The lowest BCUT2D eigenvalue weighted by Gasteiger charge is -2.33. The van der Waals surface area contributed by atoms with Gasteiger partial charge in [-0.15, -0.1) is 0 Å². The van der Waals surface area contributed by atoms with Gasteiger partial charge in [-0.25, -0.2) is 19.2 Å². The Labute approximate surface area is 214 Å². The van der Waals surface area contributed by atoms with Crippen LogP contribution in [0.1, 0.15) is 11.1 Å². The molecule has 0 saturated carbocycles. The maximum atomic E-state index is 13.8. The summed E-state index contributed by atoms with van der Waals surface area (Å²) in [7, 11) is 3.79. The van der Waals surface area contributed by atoms with E-state index in [-0.39, 0.29) is 11.9 Å². The fourth-order valence-electron chi connectivity index (χ4n) is 4.38. The van der Waals surface area contributed by atoms with Gasteiger partial charge in [-0.1, -0.05) is 30.3 Å². The first-order chi connectivity index (χ1) is 17.9. The van der Waals surface area contributed by atoms with E-state index in [9.17, 15) is 14.3 Å². The summed E-state index contributed by atoms with van der Waals surface area (Å²) >= 11 is 0. The molecule has 2 heterocycles. The SMILES string of the molecule is CN1CCN(NC(=O)N(C)c2ccc(N=C(c3ccccc3)c3c(O)[nH]c4cc(F)ccc34)cc2)CC1. The normalized spacial score (nSPS) is 15.2. The number of urea groups is 1. The third-order valence-electron chi connectivity index (χ3n) is 6.56. The number of aliphatic imine (C=N–C) groups is 1. The van der Waals surface area contributed by atoms with E-state index < -0.39 is 5.82 Å². The number of benzene rings is 3. The number of aromatic nitrogens is 1. The summed E-state index contributed by atoms with van der Waals surface area (Å²) in [5.74, 6) is -0.477. The van der Waals surface area contributed by atoms with E-state index in [0.717, 1.165) is 37.4 Å². The Balaban J connectivity index is 1.43. The molecular formula is C28H29FN6O2. The molecule has 9 heteroatoms. The molecule has 8 nitrogen and oxygen atoms in total. The molecule has 0 spiro atoms. The van der Waals surface area contributed by atoms with E-state index in [4.69, 9.17) is 4.99 Å². The number of rotatable bonds is 5. The number of hydrazine groups is 1. The van der Waals surface area contributed by atoms with Gasteiger partial charge in [0.05, 0.1) is 22.5 Å². The van der Waals surface area contributed by atoms with Crippen LogP contribution in [0, 0.1) is 5.82 Å². The van der Waals surface area contributed by atoms with Crippen molar-refractivity contribution in [3.63, 3.8) is 0 Å². The first-order valence-corrected chi connectivity index (χ1v) is 12.1. The third kappa shape index (κ3) is 5.32. The lowest BCUT2D eigenvalue weighted by atomic mass is 10.0. The Kier molecular flexibility index (Phi) is 6.89. The van der Waals surface area contributed by atoms with E-state index >= 15 is 0 Å². The quantitative estimate of drug-likeness (QED) is 0.353. The molecule has 2 amide bonds. The molecule has 0 aliphatic carbocycles. The molecule has 190 valence electrons. The van der Waals surface area contributed by atoms with Crippen molar-refractivity contribution in [2.45, 2.75) is 0 Å². The summed E-state index contributed by atoms with van der Waals surface area (Å²) in [6, 6.07) is 20.9. The van der Waals surface area contributed by atoms with Gasteiger partial charge >= 0.3 is 6.03 Å². The second-order valence-corrected chi connectivity index (χ2v) is 9.15. The molecule has 1 aliphatic heterocycles. The molecule has 4 aromatic rings. The fraction of sp³-hybridized carbons (Fsp3) is 0.214. The zero-order valence-corrected chi connectivity index (χ0v) is 20.8. The maximum absolute atomic E-state index is 13.8. The lowest BCUT2D eigenvalue weighted by molar-refractivity contribution is 0.115. The van der Waals surface area contributed by atoms with Crippen LogP contribution in [0.5, 0.6) is 5.88 Å². The number of fused-ring (bicyclic) bond motifs is 1. The standard InChI is InChI=1S/C28H29FN6O2/c1-33-14-16-35(17-15-33)32-28(37)34(2)22-11-9-21(10-12-22)30-26(19-6-4-3-5-7-19)25-23-13-8-20(29)18-24(23)31-27(25)36/h3-13,18,31,36H,14-17H2,1-2H3,(H,32,37). The summed E-state index contributed by atoms with van der Waals surface area (Å²) in [6.45, 7) is 3.36. The molecule has 1 aromatic heterocycles. The number of likely N-dealkylation sites (N-methyl/N-ethyl adjacent to an activating group) is 1. The number of hydrogen-bond donors (Lipinski definition) is 3. The monoisotopic (exact) mass is 500 g/mol. The molecule has 0 atom stereocenters. The summed E-state index contributed by atoms with van der Waals surface area (Å²) in [4.78, 5) is 24.3. The van der Waals surface area contributed by atoms with Crippen molar-refractivity contribution in [3.05, 3.63) is 89.7 Å². The number of amides is 2. The number of nitrogens with zero attached hydrogens (tertiary/aromatic N) is 4. The van der Waals surface area contributed by atoms with Gasteiger partial charge in [-0.2, -0.15) is 0 Å². The molecule has 1 saturated heterocycles. The molecule has 0 unspecified atom stereocenters. The number of anilines is 1. The van der Waals surface area contributed by atoms with Crippen LogP contribution in [0.3, 0.4) is 0 Å². The zero-order chi connectivity index (χ0) is 25.9. The first kappa shape index (κ1) is 24.5. The minimum absolute atomic E-state index is 0.0832. The van der Waals surface area contributed by atoms with E-state index in [1.54, 1.807) is 18.0 Å². The van der Waals surface area contributed by atoms with Crippen molar-refractivity contribution in [2.24, 2.45) is 4.99 Å². The number of carbonyl (C=O) groups excluding carboxylic acids is 1. The number of halogens is 1. The molecular weight excluding hydrogens is 471 g/mol. The number of nitrogens with one attached hydrogen (secondary N) is 2. The molecule has 3 N–H and O–H groups in total. The number of aromatic amines is 1. The Bertz CT molecular complexity index is 1430. The summed E-state index contributed by atoms with van der Waals surface area (Å²) in [6.07, 6.45) is 0. The average Bonchev–Trinajstić information content (AvgIpc) is 3.23. The van der Waals surface area contributed by atoms with Crippen molar-refractivity contribution in [2.75, 3.05) is 45.2 Å². The Morgan fingerprint density at radius 2 is 1.73 bits per heavy atom. The minimum atomic E-state index is -0.394. The van der Waals surface area contributed by atoms with Gasteiger partial charge in [-0.3, -0.25) is 10.3 Å². The van der Waals surface area contributed by atoms with Crippen LogP contribution in [-0.4, -0.2) is 72.0 Å². The van der Waals surface area contributed by atoms with Gasteiger partial charge in [0.15, 0.2) is 5.88 Å². The van der Waals surface area contributed by atoms with Crippen molar-refractivity contribution >= 4 is 34.0 Å². The van der Waals surface area contributed by atoms with E-state index in [1.807, 2.05) is 59.6 Å². The van der Waals surface area contributed by atoms with Crippen molar-refractivity contribution in [1.82, 2.24) is 20.3 Å². The number of H-pyrrole nitrogens is 1. The van der Waals surface area contributed by atoms with Gasteiger partial charge in [0, 0.05) is 49.9 Å². The topological polar surface area (TPSA) is 87.2 Å². The van der Waals surface area contributed by atoms with Gasteiger partial charge < -0.3 is 15.0 Å². The summed E-state index contributed by atoms with van der Waals surface area (Å²) < 4.78 is 13.8. The second-order valence-electron chi connectivity index (χ2n) is 9.15. The van der Waals surface area contributed by atoms with E-state index in [2.05, 4.69) is 22.4 Å². The van der Waals surface area contributed by atoms with E-state index in [0.29, 0.717) is 27.9 Å². The van der Waals surface area contributed by atoms with Gasteiger partial charge in [-0.05, 0) is 49.5 Å². The summed E-state index contributed by atoms with van der Waals surface area (Å²) in [5, 5.41) is 13.3. The number of carbonyl (C=O) groups is 1. The Morgan fingerprint density at radius 3 is 2.43 bits per heavy atom.